The summed E-state index contributed by atoms with van der Waals surface area (Å²) in [7, 11) is 1.71. The molecule has 3 rings (SSSR count). The number of hydrogen-bond acceptors (Lipinski definition) is 6. The van der Waals surface area contributed by atoms with Gasteiger partial charge < -0.3 is 19.3 Å². The Bertz CT molecular complexity index is 544. The van der Waals surface area contributed by atoms with Crippen molar-refractivity contribution in [2.75, 3.05) is 13.7 Å². The molecular formula is C14H17N3O3. The topological polar surface area (TPSA) is 69.4 Å². The summed E-state index contributed by atoms with van der Waals surface area (Å²) in [6.07, 6.45) is 1.05. The summed E-state index contributed by atoms with van der Waals surface area (Å²) < 4.78 is 16.1. The van der Waals surface area contributed by atoms with E-state index < -0.39 is 0 Å². The number of methoxy groups -OCH3 is 1. The molecule has 106 valence electrons. The third kappa shape index (κ3) is 2.97. The maximum Gasteiger partial charge on any atom is 0.244 e. The Balaban J connectivity index is 1.57. The molecule has 0 bridgehead atoms. The highest BCUT2D eigenvalue weighted by molar-refractivity contribution is 5.20. The van der Waals surface area contributed by atoms with Crippen LogP contribution in [0.15, 0.2) is 34.9 Å². The van der Waals surface area contributed by atoms with Gasteiger partial charge in [0.25, 0.3) is 0 Å². The van der Waals surface area contributed by atoms with E-state index >= 15 is 0 Å². The quantitative estimate of drug-likeness (QED) is 0.895. The van der Waals surface area contributed by atoms with Crippen LogP contribution in [0.4, 0.5) is 0 Å². The van der Waals surface area contributed by atoms with E-state index in [-0.39, 0.29) is 12.1 Å². The first-order chi connectivity index (χ1) is 9.85. The van der Waals surface area contributed by atoms with Crippen LogP contribution in [0.25, 0.3) is 0 Å². The summed E-state index contributed by atoms with van der Waals surface area (Å²) in [5, 5.41) is 7.23. The largest absolute Gasteiger partial charge is 0.485 e. The molecule has 1 aliphatic heterocycles. The monoisotopic (exact) mass is 275 g/mol. The van der Waals surface area contributed by atoms with Gasteiger partial charge in [-0.05, 0) is 18.6 Å². The standard InChI is InChI=1S/C14H17N3O3/c1-18-11-7-12(15-8-11)14-16-13(17-20-14)9-19-10-5-3-2-4-6-10/h2-6,11-12,15H,7-9H2,1H3/t11-,12+/m0/s1. The van der Waals surface area contributed by atoms with Gasteiger partial charge >= 0.3 is 0 Å². The van der Waals surface area contributed by atoms with Crippen molar-refractivity contribution in [1.82, 2.24) is 15.5 Å². The summed E-state index contributed by atoms with van der Waals surface area (Å²) in [5.41, 5.74) is 0. The molecule has 1 aromatic carbocycles. The molecule has 1 saturated heterocycles. The first kappa shape index (κ1) is 13.1. The van der Waals surface area contributed by atoms with Crippen LogP contribution < -0.4 is 10.1 Å². The van der Waals surface area contributed by atoms with Gasteiger partial charge in [-0.1, -0.05) is 23.4 Å². The van der Waals surface area contributed by atoms with Gasteiger partial charge in [0, 0.05) is 13.7 Å². The van der Waals surface area contributed by atoms with Crippen LogP contribution in [0.1, 0.15) is 24.2 Å². The maximum atomic E-state index is 5.58. The summed E-state index contributed by atoms with van der Waals surface area (Å²) in [6.45, 7) is 1.10. The van der Waals surface area contributed by atoms with E-state index in [4.69, 9.17) is 14.0 Å². The number of rotatable bonds is 5. The Kier molecular flexibility index (Phi) is 3.94. The van der Waals surface area contributed by atoms with Crippen molar-refractivity contribution in [3.63, 3.8) is 0 Å². The zero-order valence-corrected chi connectivity index (χ0v) is 11.3. The Hall–Kier alpha value is -1.92. The molecule has 2 heterocycles. The fourth-order valence-electron chi connectivity index (χ4n) is 2.20. The third-order valence-electron chi connectivity index (χ3n) is 3.32. The average molecular weight is 275 g/mol. The van der Waals surface area contributed by atoms with Gasteiger partial charge in [-0.2, -0.15) is 4.98 Å². The zero-order chi connectivity index (χ0) is 13.8. The van der Waals surface area contributed by atoms with Crippen molar-refractivity contribution in [1.29, 1.82) is 0 Å². The fraction of sp³-hybridized carbons (Fsp3) is 0.429. The molecule has 0 radical (unpaired) electrons. The Morgan fingerprint density at radius 2 is 2.20 bits per heavy atom. The van der Waals surface area contributed by atoms with E-state index in [2.05, 4.69) is 15.5 Å². The minimum Gasteiger partial charge on any atom is -0.485 e. The number of para-hydroxylation sites is 1. The summed E-state index contributed by atoms with van der Waals surface area (Å²) in [6, 6.07) is 9.63. The minimum atomic E-state index is 0.0675. The minimum absolute atomic E-state index is 0.0675. The smallest absolute Gasteiger partial charge is 0.244 e. The van der Waals surface area contributed by atoms with Crippen molar-refractivity contribution < 1.29 is 14.0 Å². The molecule has 2 aromatic rings. The van der Waals surface area contributed by atoms with E-state index in [1.807, 2.05) is 30.3 Å². The van der Waals surface area contributed by atoms with Crippen molar-refractivity contribution in [2.24, 2.45) is 0 Å². The Morgan fingerprint density at radius 1 is 1.35 bits per heavy atom. The van der Waals surface area contributed by atoms with E-state index in [0.29, 0.717) is 18.3 Å². The van der Waals surface area contributed by atoms with E-state index in [0.717, 1.165) is 18.7 Å². The molecule has 1 aromatic heterocycles. The molecule has 1 N–H and O–H groups in total. The first-order valence-electron chi connectivity index (χ1n) is 6.61. The fourth-order valence-corrected chi connectivity index (χ4v) is 2.20. The Labute approximate surface area is 117 Å². The van der Waals surface area contributed by atoms with E-state index in [1.54, 1.807) is 7.11 Å². The van der Waals surface area contributed by atoms with Gasteiger partial charge in [-0.15, -0.1) is 0 Å². The lowest BCUT2D eigenvalue weighted by atomic mass is 10.2. The summed E-state index contributed by atoms with van der Waals surface area (Å²) in [4.78, 5) is 4.36. The molecule has 0 saturated carbocycles. The maximum absolute atomic E-state index is 5.58. The highest BCUT2D eigenvalue weighted by Gasteiger charge is 2.29. The van der Waals surface area contributed by atoms with E-state index in [1.165, 1.54) is 0 Å². The van der Waals surface area contributed by atoms with Crippen LogP contribution >= 0.6 is 0 Å². The van der Waals surface area contributed by atoms with Crippen LogP contribution in [0.3, 0.4) is 0 Å². The Morgan fingerprint density at radius 3 is 2.95 bits per heavy atom. The molecule has 1 fully saturated rings. The molecule has 2 atom stereocenters. The second-order valence-corrected chi connectivity index (χ2v) is 4.70. The van der Waals surface area contributed by atoms with Crippen molar-refractivity contribution in [3.8, 4) is 5.75 Å². The lowest BCUT2D eigenvalue weighted by molar-refractivity contribution is 0.116. The summed E-state index contributed by atoms with van der Waals surface area (Å²) in [5.74, 6) is 1.93. The van der Waals surface area contributed by atoms with Crippen LogP contribution in [0, 0.1) is 0 Å². The second-order valence-electron chi connectivity index (χ2n) is 4.70. The van der Waals surface area contributed by atoms with Crippen molar-refractivity contribution >= 4 is 0 Å². The number of benzene rings is 1. The average Bonchev–Trinajstić information content (AvgIpc) is 3.15. The molecular weight excluding hydrogens is 258 g/mol. The molecule has 1 aliphatic rings. The normalized spacial score (nSPS) is 22.1. The van der Waals surface area contributed by atoms with Crippen LogP contribution in [-0.4, -0.2) is 29.9 Å². The predicted molar refractivity (Wildman–Crippen MR) is 71.2 cm³/mol. The number of aromatic nitrogens is 2. The van der Waals surface area contributed by atoms with Gasteiger partial charge in [0.15, 0.2) is 6.61 Å². The lowest BCUT2D eigenvalue weighted by Crippen LogP contribution is -2.16. The molecule has 0 spiro atoms. The van der Waals surface area contributed by atoms with Crippen LogP contribution in [0.5, 0.6) is 5.75 Å². The SMILES string of the molecule is CO[C@@H]1CN[C@@H](c2nc(COc3ccccc3)no2)C1. The van der Waals surface area contributed by atoms with Gasteiger partial charge in [0.2, 0.25) is 11.7 Å². The number of hydrogen-bond donors (Lipinski definition) is 1. The van der Waals surface area contributed by atoms with Gasteiger partial charge in [-0.25, -0.2) is 0 Å². The third-order valence-corrected chi connectivity index (χ3v) is 3.32. The van der Waals surface area contributed by atoms with Gasteiger partial charge in [0.05, 0.1) is 12.1 Å². The first-order valence-corrected chi connectivity index (χ1v) is 6.61. The van der Waals surface area contributed by atoms with Gasteiger partial charge in [0.1, 0.15) is 5.75 Å². The van der Waals surface area contributed by atoms with Crippen molar-refractivity contribution in [2.45, 2.75) is 25.2 Å². The molecule has 0 amide bonds. The predicted octanol–water partition coefficient (Wildman–Crippen LogP) is 1.70. The number of ether oxygens (including phenoxy) is 2. The molecule has 0 unspecified atom stereocenters. The van der Waals surface area contributed by atoms with Crippen LogP contribution in [0.2, 0.25) is 0 Å². The van der Waals surface area contributed by atoms with E-state index in [9.17, 15) is 0 Å². The molecule has 20 heavy (non-hydrogen) atoms. The zero-order valence-electron chi connectivity index (χ0n) is 11.3. The molecule has 0 aliphatic carbocycles. The lowest BCUT2D eigenvalue weighted by Gasteiger charge is -2.04. The second kappa shape index (κ2) is 6.02. The molecule has 6 heteroatoms. The van der Waals surface area contributed by atoms with Crippen molar-refractivity contribution in [3.05, 3.63) is 42.0 Å². The number of nitrogens with zero attached hydrogens (tertiary/aromatic N) is 2. The van der Waals surface area contributed by atoms with Crippen LogP contribution in [-0.2, 0) is 11.3 Å². The van der Waals surface area contributed by atoms with Gasteiger partial charge in [-0.3, -0.25) is 0 Å². The summed E-state index contributed by atoms with van der Waals surface area (Å²) >= 11 is 0. The molecule has 6 nitrogen and oxygen atoms in total. The highest BCUT2D eigenvalue weighted by atomic mass is 16.5. The number of nitrogens with one attached hydrogen (secondary N) is 1. The highest BCUT2D eigenvalue weighted by Crippen LogP contribution is 2.23.